The van der Waals surface area contributed by atoms with E-state index in [-0.39, 0.29) is 5.41 Å². The highest BCUT2D eigenvalue weighted by atomic mass is 35.5. The predicted octanol–water partition coefficient (Wildman–Crippen LogP) is 4.96. The van der Waals surface area contributed by atoms with E-state index in [1.54, 1.807) is 18.2 Å². The average Bonchev–Trinajstić information content (AvgIpc) is 2.71. The number of halogens is 2. The number of hydrogen-bond acceptors (Lipinski definition) is 4. The lowest BCUT2D eigenvalue weighted by Crippen LogP contribution is -2.58. The van der Waals surface area contributed by atoms with Crippen LogP contribution in [0.1, 0.15) is 32.3 Å². The van der Waals surface area contributed by atoms with Gasteiger partial charge in [0.05, 0.1) is 17.9 Å². The van der Waals surface area contributed by atoms with Crippen LogP contribution in [0.3, 0.4) is 0 Å². The Morgan fingerprint density at radius 3 is 2.53 bits per heavy atom. The number of nitrogens with one attached hydrogen (secondary N) is 1. The maximum atomic E-state index is 11.4. The van der Waals surface area contributed by atoms with Gasteiger partial charge < -0.3 is 25.8 Å². The summed E-state index contributed by atoms with van der Waals surface area (Å²) in [6.07, 6.45) is 2.12. The number of nitrogens with two attached hydrogens (primary N) is 1. The normalized spacial score (nSPS) is 20.7. The highest BCUT2D eigenvalue weighted by Gasteiger charge is 2.47. The van der Waals surface area contributed by atoms with E-state index in [1.807, 2.05) is 24.3 Å². The second-order valence-corrected chi connectivity index (χ2v) is 9.95. The molecule has 4 N–H and O–H groups in total. The standard InChI is InChI=1S/C24H31Cl2N3O3/c1-23(2)16-29(12-10-24(23,31)15-17-4-6-18(25)7-5-17)11-3-13-32-21-9-8-19(26)14-20(21)28-22(27)30/h4-9,14,31H,3,10-13,15-16H2,1-2H3,(H3,27,28,30). The Hall–Kier alpha value is -1.99. The van der Waals surface area contributed by atoms with Crippen LogP contribution in [-0.4, -0.2) is 47.9 Å². The molecule has 1 heterocycles. The lowest BCUT2D eigenvalue weighted by atomic mass is 9.67. The first-order valence-corrected chi connectivity index (χ1v) is 11.5. The number of ether oxygens (including phenoxy) is 1. The zero-order chi connectivity index (χ0) is 23.4. The van der Waals surface area contributed by atoms with E-state index < -0.39 is 11.6 Å². The minimum Gasteiger partial charge on any atom is -0.491 e. The smallest absolute Gasteiger partial charge is 0.316 e. The first-order valence-electron chi connectivity index (χ1n) is 10.8. The fourth-order valence-corrected chi connectivity index (χ4v) is 4.55. The van der Waals surface area contributed by atoms with Crippen LogP contribution in [0.2, 0.25) is 10.0 Å². The second kappa shape index (κ2) is 10.3. The molecule has 1 aliphatic heterocycles. The first kappa shape index (κ1) is 24.6. The molecule has 6 nitrogen and oxygen atoms in total. The SMILES string of the molecule is CC1(C)CN(CCCOc2ccc(Cl)cc2NC(N)=O)CCC1(O)Cc1ccc(Cl)cc1. The van der Waals surface area contributed by atoms with Crippen molar-refractivity contribution in [2.45, 2.75) is 38.7 Å². The molecule has 0 spiro atoms. The first-order chi connectivity index (χ1) is 15.1. The highest BCUT2D eigenvalue weighted by Crippen LogP contribution is 2.41. The molecular formula is C24H31Cl2N3O3. The number of benzene rings is 2. The van der Waals surface area contributed by atoms with Crippen LogP contribution in [0, 0.1) is 5.41 Å². The maximum absolute atomic E-state index is 11.4. The number of carbonyl (C=O) groups is 1. The van der Waals surface area contributed by atoms with Crippen molar-refractivity contribution in [1.29, 1.82) is 0 Å². The van der Waals surface area contributed by atoms with Crippen molar-refractivity contribution in [3.63, 3.8) is 0 Å². The molecule has 3 rings (SSSR count). The molecule has 32 heavy (non-hydrogen) atoms. The number of nitrogens with zero attached hydrogens (tertiary/aromatic N) is 1. The number of amides is 2. The van der Waals surface area contributed by atoms with E-state index in [0.29, 0.717) is 40.9 Å². The topological polar surface area (TPSA) is 87.8 Å². The number of rotatable bonds is 8. The maximum Gasteiger partial charge on any atom is 0.316 e. The summed E-state index contributed by atoms with van der Waals surface area (Å²) in [5, 5.41) is 15.2. The molecule has 2 aromatic carbocycles. The van der Waals surface area contributed by atoms with Crippen LogP contribution in [0.4, 0.5) is 10.5 Å². The van der Waals surface area contributed by atoms with Crippen molar-refractivity contribution in [2.24, 2.45) is 11.1 Å². The number of urea groups is 1. The third kappa shape index (κ3) is 6.29. The lowest BCUT2D eigenvalue weighted by Gasteiger charge is -2.50. The molecule has 2 aromatic rings. The Morgan fingerprint density at radius 1 is 1.19 bits per heavy atom. The van der Waals surface area contributed by atoms with E-state index in [4.69, 9.17) is 33.7 Å². The van der Waals surface area contributed by atoms with Crippen LogP contribution >= 0.6 is 23.2 Å². The van der Waals surface area contributed by atoms with Crippen LogP contribution in [0.15, 0.2) is 42.5 Å². The highest BCUT2D eigenvalue weighted by molar-refractivity contribution is 6.31. The monoisotopic (exact) mass is 479 g/mol. The van der Waals surface area contributed by atoms with E-state index in [1.165, 1.54) is 0 Å². The lowest BCUT2D eigenvalue weighted by molar-refractivity contribution is -0.118. The molecule has 0 saturated carbocycles. The van der Waals surface area contributed by atoms with Gasteiger partial charge in [0.25, 0.3) is 0 Å². The number of primary amides is 1. The molecular weight excluding hydrogens is 449 g/mol. The van der Waals surface area contributed by atoms with E-state index in [2.05, 4.69) is 24.1 Å². The molecule has 0 aromatic heterocycles. The van der Waals surface area contributed by atoms with E-state index in [9.17, 15) is 9.90 Å². The van der Waals surface area contributed by atoms with Gasteiger partial charge in [0.1, 0.15) is 5.75 Å². The zero-order valence-corrected chi connectivity index (χ0v) is 20.0. The molecule has 0 aliphatic carbocycles. The summed E-state index contributed by atoms with van der Waals surface area (Å²) in [5.41, 5.74) is 5.73. The summed E-state index contributed by atoms with van der Waals surface area (Å²) in [6, 6.07) is 12.1. The second-order valence-electron chi connectivity index (χ2n) is 9.08. The number of hydrogen-bond donors (Lipinski definition) is 3. The number of anilines is 1. The zero-order valence-electron chi connectivity index (χ0n) is 18.5. The molecule has 0 bridgehead atoms. The molecule has 1 fully saturated rings. The summed E-state index contributed by atoms with van der Waals surface area (Å²) in [7, 11) is 0. The number of aliphatic hydroxyl groups is 1. The van der Waals surface area contributed by atoms with E-state index >= 15 is 0 Å². The molecule has 1 saturated heterocycles. The largest absolute Gasteiger partial charge is 0.491 e. The van der Waals surface area contributed by atoms with Crippen molar-refractivity contribution in [1.82, 2.24) is 4.90 Å². The number of piperidine rings is 1. The van der Waals surface area contributed by atoms with Gasteiger partial charge in [-0.3, -0.25) is 0 Å². The third-order valence-electron chi connectivity index (χ3n) is 6.21. The van der Waals surface area contributed by atoms with E-state index in [0.717, 1.165) is 31.6 Å². The quantitative estimate of drug-likeness (QED) is 0.466. The van der Waals surface area contributed by atoms with Gasteiger partial charge in [-0.25, -0.2) is 4.79 Å². The van der Waals surface area contributed by atoms with Gasteiger partial charge in [-0.1, -0.05) is 49.2 Å². The molecule has 1 atom stereocenters. The summed E-state index contributed by atoms with van der Waals surface area (Å²) in [4.78, 5) is 13.6. The third-order valence-corrected chi connectivity index (χ3v) is 6.69. The Kier molecular flexibility index (Phi) is 7.93. The average molecular weight is 480 g/mol. The molecule has 1 aliphatic rings. The molecule has 1 unspecified atom stereocenters. The predicted molar refractivity (Wildman–Crippen MR) is 130 cm³/mol. The van der Waals surface area contributed by atoms with Gasteiger partial charge in [-0.15, -0.1) is 0 Å². The van der Waals surface area contributed by atoms with Gasteiger partial charge in [0, 0.05) is 41.5 Å². The number of carbonyl (C=O) groups excluding carboxylic acids is 1. The Morgan fingerprint density at radius 2 is 1.88 bits per heavy atom. The molecule has 2 amide bonds. The minimum absolute atomic E-state index is 0.263. The van der Waals surface area contributed by atoms with Crippen molar-refractivity contribution in [2.75, 3.05) is 31.6 Å². The molecule has 8 heteroatoms. The number of likely N-dealkylation sites (tertiary alicyclic amines) is 1. The van der Waals surface area contributed by atoms with Crippen LogP contribution in [0.25, 0.3) is 0 Å². The van der Waals surface area contributed by atoms with Crippen molar-refractivity contribution >= 4 is 34.9 Å². The van der Waals surface area contributed by atoms with Crippen molar-refractivity contribution in [3.05, 3.63) is 58.1 Å². The van der Waals surface area contributed by atoms with Crippen LogP contribution < -0.4 is 15.8 Å². The van der Waals surface area contributed by atoms with Crippen LogP contribution in [-0.2, 0) is 6.42 Å². The van der Waals surface area contributed by atoms with Gasteiger partial charge in [0.15, 0.2) is 0 Å². The summed E-state index contributed by atoms with van der Waals surface area (Å²) in [5.74, 6) is 0.532. The summed E-state index contributed by atoms with van der Waals surface area (Å²) in [6.45, 7) is 7.21. The van der Waals surface area contributed by atoms with Crippen molar-refractivity contribution < 1.29 is 14.6 Å². The van der Waals surface area contributed by atoms with Crippen molar-refractivity contribution in [3.8, 4) is 5.75 Å². The Bertz CT molecular complexity index is 937. The summed E-state index contributed by atoms with van der Waals surface area (Å²) >= 11 is 12.0. The Labute approximate surface area is 199 Å². The fourth-order valence-electron chi connectivity index (χ4n) is 4.25. The van der Waals surface area contributed by atoms with Gasteiger partial charge >= 0.3 is 6.03 Å². The molecule has 0 radical (unpaired) electrons. The van der Waals surface area contributed by atoms with Gasteiger partial charge in [0.2, 0.25) is 0 Å². The van der Waals surface area contributed by atoms with Gasteiger partial charge in [-0.05, 0) is 48.7 Å². The summed E-state index contributed by atoms with van der Waals surface area (Å²) < 4.78 is 5.85. The Balaban J connectivity index is 1.51. The fraction of sp³-hybridized carbons (Fsp3) is 0.458. The van der Waals surface area contributed by atoms with Gasteiger partial charge in [-0.2, -0.15) is 0 Å². The van der Waals surface area contributed by atoms with Crippen LogP contribution in [0.5, 0.6) is 5.75 Å². The molecule has 174 valence electrons. The minimum atomic E-state index is -0.771.